The molecule has 0 spiro atoms. The lowest BCUT2D eigenvalue weighted by atomic mass is 10.1. The number of amides is 2. The van der Waals surface area contributed by atoms with Crippen LogP contribution in [0.1, 0.15) is 51.8 Å². The first kappa shape index (κ1) is 25.6. The molecule has 2 aromatic carbocycles. The number of nitrogens with one attached hydrogen (secondary N) is 2. The minimum atomic E-state index is -1.04. The number of fused-ring (bicyclic) bond motifs is 1. The number of halogens is 2. The fraction of sp³-hybridized carbons (Fsp3) is 0.375. The molecule has 35 heavy (non-hydrogen) atoms. The van der Waals surface area contributed by atoms with Crippen molar-refractivity contribution in [3.63, 3.8) is 0 Å². The molecule has 1 aliphatic heterocycles. The Kier molecular flexibility index (Phi) is 8.11. The lowest BCUT2D eigenvalue weighted by molar-refractivity contribution is 0.0740. The average molecular weight is 536 g/mol. The van der Waals surface area contributed by atoms with Gasteiger partial charge in [0.25, 0.3) is 11.8 Å². The normalized spacial score (nSPS) is 17.5. The van der Waals surface area contributed by atoms with E-state index in [0.717, 1.165) is 18.4 Å². The van der Waals surface area contributed by atoms with E-state index in [0.29, 0.717) is 52.8 Å². The predicted octanol–water partition coefficient (Wildman–Crippen LogP) is 3.67. The van der Waals surface area contributed by atoms with Gasteiger partial charge in [-0.2, -0.15) is 0 Å². The first-order chi connectivity index (χ1) is 16.8. The van der Waals surface area contributed by atoms with Crippen LogP contribution in [0, 0.1) is 0 Å². The molecule has 1 unspecified atom stereocenters. The summed E-state index contributed by atoms with van der Waals surface area (Å²) >= 11 is 12.5. The third-order valence-corrected chi connectivity index (χ3v) is 7.52. The molecule has 11 heteroatoms. The van der Waals surface area contributed by atoms with Gasteiger partial charge in [0, 0.05) is 52.5 Å². The Morgan fingerprint density at radius 2 is 2.09 bits per heavy atom. The summed E-state index contributed by atoms with van der Waals surface area (Å²) in [6.07, 6.45) is 3.81. The van der Waals surface area contributed by atoms with Crippen molar-refractivity contribution >= 4 is 56.8 Å². The number of hydrogen-bond donors (Lipinski definition) is 3. The average Bonchev–Trinajstić information content (AvgIpc) is 3.47. The second-order valence-corrected chi connectivity index (χ2v) is 11.0. The lowest BCUT2D eigenvalue weighted by Gasteiger charge is -2.24. The Hall–Kier alpha value is -2.46. The number of carbonyl (C=O) groups excluding carboxylic acids is 2. The van der Waals surface area contributed by atoms with Crippen molar-refractivity contribution in [2.75, 3.05) is 25.1 Å². The van der Waals surface area contributed by atoms with Crippen LogP contribution in [0.4, 0.5) is 0 Å². The van der Waals surface area contributed by atoms with Crippen LogP contribution in [0.3, 0.4) is 0 Å². The van der Waals surface area contributed by atoms with Crippen LogP contribution in [0.15, 0.2) is 36.4 Å². The van der Waals surface area contributed by atoms with Crippen molar-refractivity contribution in [1.29, 1.82) is 0 Å². The summed E-state index contributed by atoms with van der Waals surface area (Å²) in [5, 5.41) is 3.73. The number of imidazole rings is 1. The quantitative estimate of drug-likeness (QED) is 0.406. The molecule has 2 heterocycles. The van der Waals surface area contributed by atoms with Gasteiger partial charge in [0.1, 0.15) is 5.82 Å². The zero-order chi connectivity index (χ0) is 25.1. The molecule has 1 aromatic heterocycles. The number of aromatic nitrogens is 2. The minimum Gasteiger partial charge on any atom is -0.342 e. The molecule has 0 bridgehead atoms. The molecule has 4 N–H and O–H groups in total. The molecule has 1 saturated heterocycles. The number of nitrogens with two attached hydrogens (primary N) is 1. The summed E-state index contributed by atoms with van der Waals surface area (Å²) in [5.74, 6) is 0.368. The number of aromatic amines is 1. The largest absolute Gasteiger partial charge is 0.342 e. The van der Waals surface area contributed by atoms with Crippen LogP contribution in [0.25, 0.3) is 11.0 Å². The first-order valence-electron chi connectivity index (χ1n) is 11.3. The van der Waals surface area contributed by atoms with Crippen molar-refractivity contribution in [1.82, 2.24) is 20.2 Å². The molecular weight excluding hydrogens is 509 g/mol. The maximum absolute atomic E-state index is 13.1. The molecule has 0 saturated carbocycles. The first-order valence-corrected chi connectivity index (χ1v) is 13.8. The van der Waals surface area contributed by atoms with E-state index in [-0.39, 0.29) is 22.9 Å². The van der Waals surface area contributed by atoms with Crippen LogP contribution in [0.2, 0.25) is 10.0 Å². The summed E-state index contributed by atoms with van der Waals surface area (Å²) in [7, 11) is -1.04. The van der Waals surface area contributed by atoms with Gasteiger partial charge in [-0.05, 0) is 55.7 Å². The molecule has 0 radical (unpaired) electrons. The van der Waals surface area contributed by atoms with Crippen LogP contribution in [0.5, 0.6) is 0 Å². The number of rotatable bonds is 8. The van der Waals surface area contributed by atoms with Crippen molar-refractivity contribution < 1.29 is 13.8 Å². The highest BCUT2D eigenvalue weighted by Crippen LogP contribution is 2.26. The number of hydrogen-bond acceptors (Lipinski definition) is 5. The third-order valence-electron chi connectivity index (χ3n) is 6.16. The minimum absolute atomic E-state index is 0.00473. The number of likely N-dealkylation sites (tertiary alicyclic amines) is 1. The molecule has 3 atom stereocenters. The summed E-state index contributed by atoms with van der Waals surface area (Å²) < 4.78 is 11.7. The van der Waals surface area contributed by atoms with Gasteiger partial charge in [-0.3, -0.25) is 13.8 Å². The Morgan fingerprint density at radius 1 is 1.29 bits per heavy atom. The highest BCUT2D eigenvalue weighted by atomic mass is 35.5. The van der Waals surface area contributed by atoms with E-state index in [9.17, 15) is 13.8 Å². The molecule has 2 amide bonds. The third kappa shape index (κ3) is 5.86. The van der Waals surface area contributed by atoms with Gasteiger partial charge >= 0.3 is 0 Å². The summed E-state index contributed by atoms with van der Waals surface area (Å²) in [4.78, 5) is 35.6. The van der Waals surface area contributed by atoms with Gasteiger partial charge in [0.2, 0.25) is 0 Å². The molecule has 4 rings (SSSR count). The van der Waals surface area contributed by atoms with E-state index in [4.69, 9.17) is 28.9 Å². The zero-order valence-corrected chi connectivity index (χ0v) is 21.6. The molecule has 8 nitrogen and oxygen atoms in total. The Bertz CT molecular complexity index is 1280. The molecule has 1 aliphatic rings. The second-order valence-electron chi connectivity index (χ2n) is 8.60. The lowest BCUT2D eigenvalue weighted by Crippen LogP contribution is -2.40. The number of carbonyl (C=O) groups is 2. The van der Waals surface area contributed by atoms with Gasteiger partial charge in [-0.1, -0.05) is 23.2 Å². The standard InChI is InChI=1S/C24H27Cl2N5O3S/c1-35(34)10-8-20(22-28-19-7-5-15(25)12-21(19)29-22)30-23(32)14-4-6-17(18(26)11-14)24(33)31-9-2-3-16(31)13-27/h4-7,11-12,16,20H,2-3,8-10,13,27H2,1H3,(H,28,29)(H,30,32)/t16-,20+,35?/m1/s1. The second kappa shape index (κ2) is 11.1. The topological polar surface area (TPSA) is 121 Å². The number of nitrogens with zero attached hydrogens (tertiary/aromatic N) is 2. The molecule has 1 fully saturated rings. The summed E-state index contributed by atoms with van der Waals surface area (Å²) in [6.45, 7) is 1.05. The molecule has 3 aromatic rings. The van der Waals surface area contributed by atoms with Crippen molar-refractivity contribution in [2.45, 2.75) is 31.3 Å². The molecule has 0 aliphatic carbocycles. The van der Waals surface area contributed by atoms with Crippen LogP contribution >= 0.6 is 23.2 Å². The van der Waals surface area contributed by atoms with Crippen LogP contribution in [-0.4, -0.2) is 62.0 Å². The number of benzene rings is 2. The van der Waals surface area contributed by atoms with Crippen molar-refractivity contribution in [2.24, 2.45) is 5.73 Å². The fourth-order valence-electron chi connectivity index (χ4n) is 4.30. The van der Waals surface area contributed by atoms with Gasteiger partial charge in [0.05, 0.1) is 27.7 Å². The van der Waals surface area contributed by atoms with Gasteiger partial charge in [-0.15, -0.1) is 0 Å². The molecule has 186 valence electrons. The van der Waals surface area contributed by atoms with Crippen LogP contribution < -0.4 is 11.1 Å². The summed E-state index contributed by atoms with van der Waals surface area (Å²) in [5.41, 5.74) is 7.91. The Labute approximate surface area is 216 Å². The van der Waals surface area contributed by atoms with Gasteiger partial charge in [0.15, 0.2) is 0 Å². The smallest absolute Gasteiger partial charge is 0.255 e. The monoisotopic (exact) mass is 535 g/mol. The number of H-pyrrole nitrogens is 1. The van der Waals surface area contributed by atoms with E-state index in [2.05, 4.69) is 15.3 Å². The highest BCUT2D eigenvalue weighted by molar-refractivity contribution is 7.84. The van der Waals surface area contributed by atoms with Crippen molar-refractivity contribution in [3.05, 3.63) is 63.4 Å². The summed E-state index contributed by atoms with van der Waals surface area (Å²) in [6, 6.07) is 9.43. The van der Waals surface area contributed by atoms with E-state index < -0.39 is 16.8 Å². The van der Waals surface area contributed by atoms with E-state index >= 15 is 0 Å². The van der Waals surface area contributed by atoms with E-state index in [1.807, 2.05) is 0 Å². The van der Waals surface area contributed by atoms with Gasteiger partial charge < -0.3 is 20.9 Å². The maximum Gasteiger partial charge on any atom is 0.255 e. The Balaban J connectivity index is 1.54. The van der Waals surface area contributed by atoms with Gasteiger partial charge in [-0.25, -0.2) is 4.98 Å². The van der Waals surface area contributed by atoms with E-state index in [1.54, 1.807) is 41.5 Å². The predicted molar refractivity (Wildman–Crippen MR) is 139 cm³/mol. The van der Waals surface area contributed by atoms with E-state index in [1.165, 1.54) is 6.07 Å². The SMILES string of the molecule is CS(=O)CC[C@H](NC(=O)c1ccc(C(=O)N2CCC[C@@H]2CN)c(Cl)c1)c1nc2ccc(Cl)cc2[nH]1. The zero-order valence-electron chi connectivity index (χ0n) is 19.2. The maximum atomic E-state index is 13.1. The van der Waals surface area contributed by atoms with Crippen molar-refractivity contribution in [3.8, 4) is 0 Å². The fourth-order valence-corrected chi connectivity index (χ4v) is 5.30. The highest BCUT2D eigenvalue weighted by Gasteiger charge is 2.30. The van der Waals surface area contributed by atoms with Crippen LogP contribution in [-0.2, 0) is 10.8 Å². The Morgan fingerprint density at radius 3 is 2.80 bits per heavy atom. The molecular formula is C24H27Cl2N5O3S.